The summed E-state index contributed by atoms with van der Waals surface area (Å²) >= 11 is 3.79. The summed E-state index contributed by atoms with van der Waals surface area (Å²) in [5.74, 6) is 0.750. The first kappa shape index (κ1) is 17.0. The molecule has 1 aliphatic rings. The van der Waals surface area contributed by atoms with Gasteiger partial charge < -0.3 is 5.32 Å². The smallest absolute Gasteiger partial charge is 0.0766 e. The second-order valence-corrected chi connectivity index (χ2v) is 7.76. The van der Waals surface area contributed by atoms with Crippen molar-refractivity contribution in [1.29, 1.82) is 0 Å². The van der Waals surface area contributed by atoms with Crippen LogP contribution in [0, 0.1) is 11.3 Å². The van der Waals surface area contributed by atoms with Crippen molar-refractivity contribution >= 4 is 15.9 Å². The summed E-state index contributed by atoms with van der Waals surface area (Å²) in [7, 11) is 2.11. The molecule has 0 amide bonds. The van der Waals surface area contributed by atoms with Gasteiger partial charge in [0.25, 0.3) is 0 Å². The summed E-state index contributed by atoms with van der Waals surface area (Å²) < 4.78 is 3.40. The van der Waals surface area contributed by atoms with E-state index in [1.54, 1.807) is 0 Å². The van der Waals surface area contributed by atoms with Crippen LogP contribution in [0.5, 0.6) is 0 Å². The van der Waals surface area contributed by atoms with Crippen LogP contribution in [0.2, 0.25) is 0 Å². The van der Waals surface area contributed by atoms with Crippen molar-refractivity contribution in [3.63, 3.8) is 0 Å². The van der Waals surface area contributed by atoms with E-state index in [-0.39, 0.29) is 0 Å². The van der Waals surface area contributed by atoms with Crippen LogP contribution in [0.3, 0.4) is 0 Å². The average Bonchev–Trinajstić information content (AvgIpc) is 2.96. The first-order valence-corrected chi connectivity index (χ1v) is 9.15. The van der Waals surface area contributed by atoms with Crippen LogP contribution in [-0.4, -0.2) is 22.9 Å². The molecule has 0 spiro atoms. The van der Waals surface area contributed by atoms with Crippen molar-refractivity contribution in [1.82, 2.24) is 15.1 Å². The minimum atomic E-state index is 0.449. The second-order valence-electron chi connectivity index (χ2n) is 6.96. The molecule has 1 aromatic heterocycles. The molecule has 4 heteroatoms. The zero-order valence-corrected chi connectivity index (χ0v) is 15.8. The molecule has 1 aliphatic carbocycles. The highest BCUT2D eigenvalue weighted by atomic mass is 79.9. The average molecular weight is 356 g/mol. The number of nitrogens with zero attached hydrogens (tertiary/aromatic N) is 2. The highest BCUT2D eigenvalue weighted by Crippen LogP contribution is 2.45. The Morgan fingerprint density at radius 1 is 1.43 bits per heavy atom. The molecule has 1 N–H and O–H groups in total. The topological polar surface area (TPSA) is 29.9 Å². The van der Waals surface area contributed by atoms with E-state index in [9.17, 15) is 0 Å². The summed E-state index contributed by atoms with van der Waals surface area (Å²) in [6, 6.07) is 0.533. The van der Waals surface area contributed by atoms with Crippen molar-refractivity contribution in [2.75, 3.05) is 7.05 Å². The zero-order valence-electron chi connectivity index (χ0n) is 14.2. The summed E-state index contributed by atoms with van der Waals surface area (Å²) in [5, 5.41) is 8.33. The van der Waals surface area contributed by atoms with E-state index in [4.69, 9.17) is 5.10 Å². The lowest BCUT2D eigenvalue weighted by Gasteiger charge is -2.34. The molecule has 2 rings (SSSR count). The Kier molecular flexibility index (Phi) is 5.53. The van der Waals surface area contributed by atoms with Crippen molar-refractivity contribution in [3.05, 3.63) is 15.9 Å². The molecular formula is C17H30BrN3. The normalized spacial score (nSPS) is 22.7. The Morgan fingerprint density at radius 3 is 2.62 bits per heavy atom. The first-order valence-electron chi connectivity index (χ1n) is 8.35. The summed E-state index contributed by atoms with van der Waals surface area (Å²) in [5.41, 5.74) is 2.99. The molecule has 21 heavy (non-hydrogen) atoms. The molecule has 1 aromatic rings. The van der Waals surface area contributed by atoms with E-state index in [0.29, 0.717) is 11.5 Å². The minimum absolute atomic E-state index is 0.449. The van der Waals surface area contributed by atoms with E-state index in [0.717, 1.165) is 25.3 Å². The Hall–Kier alpha value is -0.350. The first-order chi connectivity index (χ1) is 9.94. The predicted octanol–water partition coefficient (Wildman–Crippen LogP) is 4.18. The zero-order chi connectivity index (χ0) is 15.6. The lowest BCUT2D eigenvalue weighted by Crippen LogP contribution is -2.41. The Balaban J connectivity index is 2.25. The highest BCUT2D eigenvalue weighted by Gasteiger charge is 2.39. The molecule has 120 valence electrons. The third-order valence-corrected chi connectivity index (χ3v) is 6.22. The second kappa shape index (κ2) is 6.82. The molecule has 0 aliphatic heterocycles. The molecule has 1 heterocycles. The summed E-state index contributed by atoms with van der Waals surface area (Å²) in [4.78, 5) is 0. The number of rotatable bonds is 6. The van der Waals surface area contributed by atoms with E-state index in [2.05, 4.69) is 60.7 Å². The molecule has 0 saturated heterocycles. The predicted molar refractivity (Wildman–Crippen MR) is 92.7 cm³/mol. The molecule has 2 unspecified atom stereocenters. The molecular weight excluding hydrogens is 326 g/mol. The van der Waals surface area contributed by atoms with Crippen molar-refractivity contribution < 1.29 is 0 Å². The van der Waals surface area contributed by atoms with Crippen LogP contribution in [0.15, 0.2) is 4.47 Å². The van der Waals surface area contributed by atoms with Crippen LogP contribution >= 0.6 is 15.9 Å². The number of hydrogen-bond acceptors (Lipinski definition) is 2. The highest BCUT2D eigenvalue weighted by molar-refractivity contribution is 9.10. The van der Waals surface area contributed by atoms with Gasteiger partial charge in [0, 0.05) is 19.0 Å². The molecule has 3 nitrogen and oxygen atoms in total. The molecule has 1 fully saturated rings. The van der Waals surface area contributed by atoms with Crippen LogP contribution in [0.25, 0.3) is 0 Å². The van der Waals surface area contributed by atoms with Crippen LogP contribution < -0.4 is 5.32 Å². The van der Waals surface area contributed by atoms with E-state index in [1.165, 1.54) is 35.1 Å². The third-order valence-electron chi connectivity index (χ3n) is 5.30. The van der Waals surface area contributed by atoms with Gasteiger partial charge in [-0.05, 0) is 60.5 Å². The quantitative estimate of drug-likeness (QED) is 0.829. The van der Waals surface area contributed by atoms with Crippen LogP contribution in [0.4, 0.5) is 0 Å². The number of nitrogens with one attached hydrogen (secondary N) is 1. The Morgan fingerprint density at radius 2 is 2.14 bits per heavy atom. The van der Waals surface area contributed by atoms with Crippen LogP contribution in [-0.2, 0) is 19.4 Å². The summed E-state index contributed by atoms with van der Waals surface area (Å²) in [6.07, 6.45) is 6.11. The van der Waals surface area contributed by atoms with E-state index < -0.39 is 0 Å². The maximum absolute atomic E-state index is 4.74. The fraction of sp³-hybridized carbons (Fsp3) is 0.824. The van der Waals surface area contributed by atoms with Crippen molar-refractivity contribution in [2.45, 2.75) is 72.4 Å². The van der Waals surface area contributed by atoms with Gasteiger partial charge in [-0.2, -0.15) is 5.10 Å². The van der Waals surface area contributed by atoms with Gasteiger partial charge in [0.2, 0.25) is 0 Å². The number of aromatic nitrogens is 2. The fourth-order valence-electron chi connectivity index (χ4n) is 3.97. The monoisotopic (exact) mass is 355 g/mol. The largest absolute Gasteiger partial charge is 0.316 e. The van der Waals surface area contributed by atoms with Gasteiger partial charge in [-0.15, -0.1) is 0 Å². The SMILES string of the molecule is CCc1nn(CC)c(CC(NC)C2CCCC2(C)C)c1Br. The number of aryl methyl sites for hydroxylation is 2. The number of hydrogen-bond donors (Lipinski definition) is 1. The maximum atomic E-state index is 4.74. The lowest BCUT2D eigenvalue weighted by molar-refractivity contribution is 0.199. The van der Waals surface area contributed by atoms with Crippen molar-refractivity contribution in [3.8, 4) is 0 Å². The van der Waals surface area contributed by atoms with Gasteiger partial charge in [-0.3, -0.25) is 4.68 Å². The molecule has 1 saturated carbocycles. The molecule has 0 aromatic carbocycles. The van der Waals surface area contributed by atoms with Gasteiger partial charge in [0.15, 0.2) is 0 Å². The lowest BCUT2D eigenvalue weighted by atomic mass is 9.76. The molecule has 0 bridgehead atoms. The van der Waals surface area contributed by atoms with Crippen molar-refractivity contribution in [2.24, 2.45) is 11.3 Å². The molecule has 0 radical (unpaired) electrons. The van der Waals surface area contributed by atoms with Gasteiger partial charge in [-0.25, -0.2) is 0 Å². The van der Waals surface area contributed by atoms with Gasteiger partial charge in [0.1, 0.15) is 0 Å². The van der Waals surface area contributed by atoms with Gasteiger partial charge >= 0.3 is 0 Å². The Labute approximate surface area is 138 Å². The summed E-state index contributed by atoms with van der Waals surface area (Å²) in [6.45, 7) is 10.2. The number of likely N-dealkylation sites (N-methyl/N-ethyl adjacent to an activating group) is 1. The minimum Gasteiger partial charge on any atom is -0.316 e. The third kappa shape index (κ3) is 3.37. The standard InChI is InChI=1S/C17H30BrN3/c1-6-13-16(18)15(21(7-2)20-13)11-14(19-5)12-9-8-10-17(12,3)4/h12,14,19H,6-11H2,1-5H3. The fourth-order valence-corrected chi connectivity index (χ4v) is 4.69. The Bertz CT molecular complexity index is 479. The number of halogens is 1. The van der Waals surface area contributed by atoms with Crippen LogP contribution in [0.1, 0.15) is 58.3 Å². The molecule has 2 atom stereocenters. The van der Waals surface area contributed by atoms with Gasteiger partial charge in [0.05, 0.1) is 15.9 Å². The van der Waals surface area contributed by atoms with E-state index in [1.807, 2.05) is 0 Å². The van der Waals surface area contributed by atoms with E-state index >= 15 is 0 Å². The van der Waals surface area contributed by atoms with Gasteiger partial charge in [-0.1, -0.05) is 27.2 Å². The maximum Gasteiger partial charge on any atom is 0.0766 e.